The van der Waals surface area contributed by atoms with E-state index in [1.54, 1.807) is 0 Å². The summed E-state index contributed by atoms with van der Waals surface area (Å²) in [5, 5.41) is 11.9. The number of halogens is 6. The third-order valence-electron chi connectivity index (χ3n) is 6.44. The minimum Gasteiger partial charge on any atom is -0.392 e. The molecule has 224 valence electrons. The van der Waals surface area contributed by atoms with Crippen LogP contribution >= 0.6 is 0 Å². The zero-order valence-corrected chi connectivity index (χ0v) is 22.8. The second-order valence-electron chi connectivity index (χ2n) is 9.76. The van der Waals surface area contributed by atoms with Crippen LogP contribution in [-0.2, 0) is 28.5 Å². The number of aliphatic hydroxyl groups excluding tert-OH is 1. The Balaban J connectivity index is 0.000000227. The molecule has 2 aliphatic heterocycles. The summed E-state index contributed by atoms with van der Waals surface area (Å²) in [7, 11) is 0. The summed E-state index contributed by atoms with van der Waals surface area (Å²) in [5.41, 5.74) is -1.96. The highest BCUT2D eigenvalue weighted by Gasteiger charge is 2.41. The van der Waals surface area contributed by atoms with Crippen molar-refractivity contribution in [2.24, 2.45) is 0 Å². The summed E-state index contributed by atoms with van der Waals surface area (Å²) in [6.45, 7) is 6.82. The van der Waals surface area contributed by atoms with Crippen molar-refractivity contribution in [3.63, 3.8) is 0 Å². The Morgan fingerprint density at radius 2 is 1.62 bits per heavy atom. The van der Waals surface area contributed by atoms with Crippen molar-refractivity contribution in [3.8, 4) is 0 Å². The number of carbonyl (C=O) groups is 1. The Bertz CT molecular complexity index is 998. The zero-order chi connectivity index (χ0) is 29.8. The van der Waals surface area contributed by atoms with Crippen LogP contribution in [0.2, 0.25) is 0 Å². The van der Waals surface area contributed by atoms with Gasteiger partial charge in [0.2, 0.25) is 5.91 Å². The maximum absolute atomic E-state index is 12.2. The van der Waals surface area contributed by atoms with Crippen molar-refractivity contribution in [2.75, 3.05) is 26.3 Å². The summed E-state index contributed by atoms with van der Waals surface area (Å²) < 4.78 is 78.8. The highest BCUT2D eigenvalue weighted by molar-refractivity contribution is 5.84. The molecule has 0 saturated carbocycles. The normalized spacial score (nSPS) is 18.5. The topological polar surface area (TPSA) is 61.8 Å². The molecule has 1 amide bonds. The van der Waals surface area contributed by atoms with Gasteiger partial charge < -0.3 is 20.1 Å². The second-order valence-corrected chi connectivity index (χ2v) is 9.76. The maximum atomic E-state index is 12.2. The number of ether oxygens (including phenoxy) is 1. The number of carbonyl (C=O) groups excluding carboxylic acids is 1. The molecule has 0 radical (unpaired) electrons. The van der Waals surface area contributed by atoms with E-state index in [1.165, 1.54) is 18.4 Å². The molecule has 0 bridgehead atoms. The van der Waals surface area contributed by atoms with Crippen LogP contribution in [-0.4, -0.2) is 54.3 Å². The lowest BCUT2D eigenvalue weighted by Gasteiger charge is -2.14. The lowest BCUT2D eigenvalue weighted by Crippen LogP contribution is -2.38. The molecule has 5 nitrogen and oxygen atoms in total. The number of nitrogens with zero attached hydrogens (tertiary/aromatic N) is 1. The van der Waals surface area contributed by atoms with E-state index in [2.05, 4.69) is 36.2 Å². The van der Waals surface area contributed by atoms with Crippen molar-refractivity contribution < 1.29 is 41.0 Å². The molecule has 2 aromatic carbocycles. The first-order valence-electron chi connectivity index (χ1n) is 13.4. The van der Waals surface area contributed by atoms with E-state index in [-0.39, 0.29) is 12.1 Å². The Kier molecular flexibility index (Phi) is 13.4. The van der Waals surface area contributed by atoms with Crippen LogP contribution in [0.25, 0.3) is 0 Å². The molecule has 0 aromatic heterocycles. The number of amides is 1. The molecule has 2 saturated heterocycles. The largest absolute Gasteiger partial charge is 0.416 e. The van der Waals surface area contributed by atoms with E-state index < -0.39 is 35.6 Å². The van der Waals surface area contributed by atoms with E-state index in [0.29, 0.717) is 24.1 Å². The van der Waals surface area contributed by atoms with Gasteiger partial charge in [0.25, 0.3) is 0 Å². The Labute approximate surface area is 231 Å². The van der Waals surface area contributed by atoms with E-state index >= 15 is 0 Å². The number of aliphatic hydroxyl groups is 1. The fraction of sp³-hybridized carbons (Fsp3) is 0.552. The van der Waals surface area contributed by atoms with Gasteiger partial charge in [-0.2, -0.15) is 26.3 Å². The van der Waals surface area contributed by atoms with E-state index in [0.717, 1.165) is 45.6 Å². The number of nitrogens with one attached hydrogen (secondary N) is 1. The fourth-order valence-corrected chi connectivity index (χ4v) is 4.46. The smallest absolute Gasteiger partial charge is 0.392 e. The first-order valence-corrected chi connectivity index (χ1v) is 13.4. The average Bonchev–Trinajstić information content (AvgIpc) is 3.48. The van der Waals surface area contributed by atoms with Crippen molar-refractivity contribution in [3.05, 3.63) is 70.8 Å². The quantitative estimate of drug-likeness (QED) is 0.283. The van der Waals surface area contributed by atoms with Crippen molar-refractivity contribution >= 4 is 5.91 Å². The van der Waals surface area contributed by atoms with Gasteiger partial charge in [-0.15, -0.1) is 0 Å². The van der Waals surface area contributed by atoms with Crippen LogP contribution in [0.1, 0.15) is 61.3 Å². The van der Waals surface area contributed by atoms with Crippen molar-refractivity contribution in [2.45, 2.75) is 77.0 Å². The van der Waals surface area contributed by atoms with Gasteiger partial charge in [-0.25, -0.2) is 0 Å². The van der Waals surface area contributed by atoms with Crippen LogP contribution in [0, 0.1) is 6.92 Å². The van der Waals surface area contributed by atoms with Gasteiger partial charge in [-0.1, -0.05) is 42.8 Å². The minimum atomic E-state index is -4.87. The highest BCUT2D eigenvalue weighted by atomic mass is 19.4. The lowest BCUT2D eigenvalue weighted by molar-refractivity contribution is -0.143. The summed E-state index contributed by atoms with van der Waals surface area (Å²) in [5.74, 6) is 0.321. The van der Waals surface area contributed by atoms with E-state index in [4.69, 9.17) is 9.84 Å². The van der Waals surface area contributed by atoms with Crippen LogP contribution in [0.4, 0.5) is 26.3 Å². The molecule has 2 aromatic rings. The molecule has 0 spiro atoms. The van der Waals surface area contributed by atoms with Gasteiger partial charge in [-0.05, 0) is 69.3 Å². The predicted octanol–water partition coefficient (Wildman–Crippen LogP) is 6.37. The summed E-state index contributed by atoms with van der Waals surface area (Å²) in [6, 6.07) is 11.8. The number of alkyl halides is 6. The first-order chi connectivity index (χ1) is 18.9. The predicted molar refractivity (Wildman–Crippen MR) is 140 cm³/mol. The number of hydrogen-bond acceptors (Lipinski definition) is 4. The fourth-order valence-electron chi connectivity index (χ4n) is 4.46. The monoisotopic (exact) mass is 576 g/mol. The van der Waals surface area contributed by atoms with Crippen LogP contribution < -0.4 is 5.32 Å². The summed E-state index contributed by atoms with van der Waals surface area (Å²) >= 11 is 0. The third kappa shape index (κ3) is 11.1. The number of rotatable bonds is 8. The molecule has 2 N–H and O–H groups in total. The van der Waals surface area contributed by atoms with Crippen LogP contribution in [0.5, 0.6) is 0 Å². The average molecular weight is 577 g/mol. The number of benzene rings is 2. The molecule has 2 unspecified atom stereocenters. The Hall–Kier alpha value is -2.63. The zero-order valence-electron chi connectivity index (χ0n) is 22.8. The Morgan fingerprint density at radius 3 is 2.10 bits per heavy atom. The van der Waals surface area contributed by atoms with Crippen LogP contribution in [0.15, 0.2) is 48.5 Å². The molecule has 4 rings (SSSR count). The van der Waals surface area contributed by atoms with Gasteiger partial charge in [0, 0.05) is 25.8 Å². The van der Waals surface area contributed by atoms with Gasteiger partial charge in [0.15, 0.2) is 0 Å². The standard InChI is InChI=1S/C13H24N2O2.C9H6F6O.C7H8/c1-2-8-17-9-4-6-14-12-10-11-5-3-7-15(11)13(12)16;10-8(11,12)6-1-5(4-16)2-7(3-6)9(13,14)15;1-7-5-3-2-4-6-7/h11-12,14H,2-10H2,1H3;1-3,16H,4H2;2-6H,1H3. The second kappa shape index (κ2) is 16.0. The summed E-state index contributed by atoms with van der Waals surface area (Å²) in [4.78, 5) is 14.0. The van der Waals surface area contributed by atoms with E-state index in [1.807, 2.05) is 18.2 Å². The minimum absolute atomic E-state index is 0.0131. The van der Waals surface area contributed by atoms with Crippen molar-refractivity contribution in [1.29, 1.82) is 0 Å². The van der Waals surface area contributed by atoms with Gasteiger partial charge in [0.05, 0.1) is 23.8 Å². The highest BCUT2D eigenvalue weighted by Crippen LogP contribution is 2.36. The summed E-state index contributed by atoms with van der Waals surface area (Å²) in [6.07, 6.45) is -4.28. The molecule has 0 aliphatic carbocycles. The van der Waals surface area contributed by atoms with Gasteiger partial charge in [0.1, 0.15) is 0 Å². The first kappa shape index (κ1) is 33.6. The maximum Gasteiger partial charge on any atom is 0.416 e. The van der Waals surface area contributed by atoms with Gasteiger partial charge in [-0.3, -0.25) is 4.79 Å². The third-order valence-corrected chi connectivity index (χ3v) is 6.44. The number of fused-ring (bicyclic) bond motifs is 1. The molecule has 40 heavy (non-hydrogen) atoms. The molecule has 2 atom stereocenters. The SMILES string of the molecule is CCCOCCCNC1CC2CCCN2C1=O.Cc1ccccc1.OCc1cc(C(F)(F)F)cc(C(F)(F)F)c1. The van der Waals surface area contributed by atoms with Gasteiger partial charge >= 0.3 is 12.4 Å². The van der Waals surface area contributed by atoms with Crippen LogP contribution in [0.3, 0.4) is 0 Å². The molecule has 2 fully saturated rings. The van der Waals surface area contributed by atoms with E-state index in [9.17, 15) is 31.1 Å². The van der Waals surface area contributed by atoms with Crippen molar-refractivity contribution in [1.82, 2.24) is 10.2 Å². The molecular formula is C29H38F6N2O3. The lowest BCUT2D eigenvalue weighted by atomic mass is 10.1. The molecule has 11 heteroatoms. The molecule has 2 heterocycles. The molecular weight excluding hydrogens is 538 g/mol. The Morgan fingerprint density at radius 1 is 1.00 bits per heavy atom. The number of hydrogen-bond donors (Lipinski definition) is 2. The number of aryl methyl sites for hydroxylation is 1. The molecule has 2 aliphatic rings.